The fraction of sp³-hybridized carbons (Fsp3) is 0.148. The molecule has 0 unspecified atom stereocenters. The number of hydrogen-bond acceptors (Lipinski definition) is 8. The highest BCUT2D eigenvalue weighted by Crippen LogP contribution is 2.38. The smallest absolute Gasteiger partial charge is 0.338 e. The van der Waals surface area contributed by atoms with Crippen molar-refractivity contribution in [2.45, 2.75) is 13.0 Å². The molecule has 2 aliphatic rings. The number of benzene rings is 2. The molecule has 0 radical (unpaired) electrons. The molecule has 37 heavy (non-hydrogen) atoms. The molecule has 2 aromatic carbocycles. The Hall–Kier alpha value is -3.66. The predicted molar refractivity (Wildman–Crippen MR) is 143 cm³/mol. The van der Waals surface area contributed by atoms with Crippen molar-refractivity contribution >= 4 is 52.0 Å². The minimum Gasteiger partial charge on any atom is -0.463 e. The molecule has 0 saturated carbocycles. The highest BCUT2D eigenvalue weighted by Gasteiger charge is 2.35. The number of rotatable bonds is 5. The normalized spacial score (nSPS) is 16.5. The lowest BCUT2D eigenvalue weighted by molar-refractivity contribution is -0.138. The number of carbonyl (C=O) groups is 1. The van der Waals surface area contributed by atoms with Crippen molar-refractivity contribution in [2.75, 3.05) is 13.4 Å². The van der Waals surface area contributed by atoms with E-state index in [0.717, 1.165) is 10.4 Å². The highest BCUT2D eigenvalue weighted by atomic mass is 35.5. The van der Waals surface area contributed by atoms with Gasteiger partial charge in [0, 0.05) is 16.5 Å². The predicted octanol–water partition coefficient (Wildman–Crippen LogP) is 4.38. The average Bonchev–Trinajstić information content (AvgIpc) is 3.65. The average molecular weight is 551 g/mol. The van der Waals surface area contributed by atoms with Gasteiger partial charge in [-0.2, -0.15) is 0 Å². The molecule has 0 bridgehead atoms. The van der Waals surface area contributed by atoms with Gasteiger partial charge in [-0.05, 0) is 36.1 Å². The highest BCUT2D eigenvalue weighted by molar-refractivity contribution is 7.10. The van der Waals surface area contributed by atoms with E-state index in [9.17, 15) is 9.59 Å². The lowest BCUT2D eigenvalue weighted by atomic mass is 9.97. The van der Waals surface area contributed by atoms with Crippen molar-refractivity contribution in [1.29, 1.82) is 0 Å². The maximum absolute atomic E-state index is 13.9. The molecule has 0 fully saturated rings. The Bertz CT molecular complexity index is 1720. The van der Waals surface area contributed by atoms with Gasteiger partial charge in [-0.25, -0.2) is 9.79 Å². The first-order chi connectivity index (χ1) is 18.0. The van der Waals surface area contributed by atoms with Crippen molar-refractivity contribution in [3.63, 3.8) is 0 Å². The van der Waals surface area contributed by atoms with Crippen LogP contribution in [0.5, 0.6) is 11.5 Å². The molecule has 2 aliphatic heterocycles. The van der Waals surface area contributed by atoms with Gasteiger partial charge >= 0.3 is 5.97 Å². The summed E-state index contributed by atoms with van der Waals surface area (Å²) in [5.41, 5.74) is 1.94. The maximum atomic E-state index is 13.9. The van der Waals surface area contributed by atoms with Crippen LogP contribution in [0.3, 0.4) is 0 Å². The lowest BCUT2D eigenvalue weighted by Crippen LogP contribution is -2.39. The molecule has 7 nitrogen and oxygen atoms in total. The van der Waals surface area contributed by atoms with E-state index in [1.54, 1.807) is 29.7 Å². The molecule has 1 atom stereocenters. The number of thiophene rings is 1. The zero-order valence-corrected chi connectivity index (χ0v) is 21.9. The number of thiazole rings is 1. The van der Waals surface area contributed by atoms with Gasteiger partial charge in [0.2, 0.25) is 6.79 Å². The summed E-state index contributed by atoms with van der Waals surface area (Å²) in [5, 5.41) is 2.35. The Labute approximate surface area is 224 Å². The van der Waals surface area contributed by atoms with Crippen LogP contribution in [0.1, 0.15) is 29.0 Å². The Kier molecular flexibility index (Phi) is 6.19. The second-order valence-corrected chi connectivity index (χ2v) is 10.6. The standard InChI is InChI=1S/C27H19ClN2O5S2/c1-2-33-26(32)22-23(15-7-4-3-5-8-15)29-27-30(24(22)20-9-6-10-36-20)25(31)21(37-27)12-16-11-18-19(13-17(16)28)35-14-34-18/h3-13,24H,2,14H2,1H3/t24-/m0/s1. The van der Waals surface area contributed by atoms with Crippen molar-refractivity contribution in [1.82, 2.24) is 4.57 Å². The molecule has 0 aliphatic carbocycles. The van der Waals surface area contributed by atoms with Crippen LogP contribution in [0.25, 0.3) is 11.8 Å². The summed E-state index contributed by atoms with van der Waals surface area (Å²) < 4.78 is 18.3. The first-order valence-electron chi connectivity index (χ1n) is 11.5. The summed E-state index contributed by atoms with van der Waals surface area (Å²) in [6, 6.07) is 16.0. The van der Waals surface area contributed by atoms with Crippen LogP contribution in [0.4, 0.5) is 0 Å². The van der Waals surface area contributed by atoms with E-state index in [-0.39, 0.29) is 19.0 Å². The Morgan fingerprint density at radius 1 is 1.19 bits per heavy atom. The third-order valence-corrected chi connectivity index (χ3v) is 8.20. The largest absolute Gasteiger partial charge is 0.463 e. The molecule has 4 aromatic rings. The summed E-state index contributed by atoms with van der Waals surface area (Å²) in [5.74, 6) is 0.625. The second kappa shape index (κ2) is 9.66. The summed E-state index contributed by atoms with van der Waals surface area (Å²) in [7, 11) is 0. The van der Waals surface area contributed by atoms with Gasteiger partial charge in [-0.3, -0.25) is 9.36 Å². The van der Waals surface area contributed by atoms with Gasteiger partial charge in [-0.1, -0.05) is 59.3 Å². The van der Waals surface area contributed by atoms with E-state index >= 15 is 0 Å². The summed E-state index contributed by atoms with van der Waals surface area (Å²) in [4.78, 5) is 33.4. The number of halogens is 1. The number of carbonyl (C=O) groups excluding carboxylic acids is 1. The minimum atomic E-state index is -0.681. The van der Waals surface area contributed by atoms with Gasteiger partial charge in [0.15, 0.2) is 16.3 Å². The van der Waals surface area contributed by atoms with Crippen LogP contribution in [0.2, 0.25) is 5.02 Å². The Morgan fingerprint density at radius 2 is 1.97 bits per heavy atom. The molecule has 6 rings (SSSR count). The fourth-order valence-electron chi connectivity index (χ4n) is 4.34. The molecule has 0 saturated heterocycles. The number of ether oxygens (including phenoxy) is 3. The quantitative estimate of drug-likeness (QED) is 0.345. The van der Waals surface area contributed by atoms with E-state index in [2.05, 4.69) is 0 Å². The minimum absolute atomic E-state index is 0.122. The molecule has 0 N–H and O–H groups in total. The zero-order valence-electron chi connectivity index (χ0n) is 19.5. The monoisotopic (exact) mass is 550 g/mol. The summed E-state index contributed by atoms with van der Waals surface area (Å²) in [6.45, 7) is 2.08. The zero-order chi connectivity index (χ0) is 25.5. The van der Waals surface area contributed by atoms with Gasteiger partial charge in [0.1, 0.15) is 6.04 Å². The van der Waals surface area contributed by atoms with Crippen molar-refractivity contribution < 1.29 is 19.0 Å². The summed E-state index contributed by atoms with van der Waals surface area (Å²) >= 11 is 9.20. The van der Waals surface area contributed by atoms with Crippen LogP contribution in [0, 0.1) is 0 Å². The molecule has 2 aromatic heterocycles. The second-order valence-electron chi connectivity index (χ2n) is 8.17. The van der Waals surface area contributed by atoms with Gasteiger partial charge in [0.25, 0.3) is 5.56 Å². The van der Waals surface area contributed by atoms with Gasteiger partial charge < -0.3 is 14.2 Å². The topological polar surface area (TPSA) is 79.1 Å². The maximum Gasteiger partial charge on any atom is 0.338 e. The van der Waals surface area contributed by atoms with Gasteiger partial charge in [0.05, 0.1) is 27.4 Å². The Balaban J connectivity index is 1.61. The number of hydrogen-bond donors (Lipinski definition) is 0. The molecule has 4 heterocycles. The third-order valence-electron chi connectivity index (χ3n) is 5.96. The number of fused-ring (bicyclic) bond motifs is 2. The van der Waals surface area contributed by atoms with Crippen LogP contribution >= 0.6 is 34.3 Å². The van der Waals surface area contributed by atoms with Crippen molar-refractivity contribution in [3.05, 3.63) is 106 Å². The van der Waals surface area contributed by atoms with E-state index in [1.807, 2.05) is 47.8 Å². The van der Waals surface area contributed by atoms with E-state index in [0.29, 0.717) is 42.7 Å². The van der Waals surface area contributed by atoms with E-state index < -0.39 is 12.0 Å². The molecule has 10 heteroatoms. The molecule has 0 spiro atoms. The third kappa shape index (κ3) is 4.19. The number of nitrogens with zero attached hydrogens (tertiary/aromatic N) is 2. The van der Waals surface area contributed by atoms with Crippen LogP contribution < -0.4 is 24.4 Å². The summed E-state index contributed by atoms with van der Waals surface area (Å²) in [6.07, 6.45) is 1.72. The van der Waals surface area contributed by atoms with Crippen molar-refractivity contribution in [2.24, 2.45) is 4.99 Å². The van der Waals surface area contributed by atoms with Gasteiger partial charge in [-0.15, -0.1) is 11.3 Å². The van der Waals surface area contributed by atoms with Crippen LogP contribution in [-0.2, 0) is 9.53 Å². The molecular weight excluding hydrogens is 532 g/mol. The SMILES string of the molecule is CCOC(=O)C1=C(c2ccccc2)N=c2sc(=Cc3cc4c(cc3Cl)OCO4)c(=O)n2[C@H]1c1cccs1. The van der Waals surface area contributed by atoms with E-state index in [1.165, 1.54) is 22.7 Å². The first kappa shape index (κ1) is 23.7. The number of esters is 1. The van der Waals surface area contributed by atoms with Crippen LogP contribution in [-0.4, -0.2) is 23.9 Å². The fourth-order valence-corrected chi connectivity index (χ4v) is 6.36. The molecule has 0 amide bonds. The van der Waals surface area contributed by atoms with Crippen molar-refractivity contribution in [3.8, 4) is 11.5 Å². The first-order valence-corrected chi connectivity index (χ1v) is 13.5. The number of aromatic nitrogens is 1. The van der Waals surface area contributed by atoms with Crippen LogP contribution in [0.15, 0.2) is 75.3 Å². The Morgan fingerprint density at radius 3 is 2.70 bits per heavy atom. The molecular formula is C27H19ClN2O5S2. The molecule has 186 valence electrons. The van der Waals surface area contributed by atoms with E-state index in [4.69, 9.17) is 30.8 Å². The lowest BCUT2D eigenvalue weighted by Gasteiger charge is -2.24.